The summed E-state index contributed by atoms with van der Waals surface area (Å²) >= 11 is 0. The molecule has 2 heterocycles. The molecule has 1 aromatic carbocycles. The van der Waals surface area contributed by atoms with Gasteiger partial charge in [0.2, 0.25) is 0 Å². The van der Waals surface area contributed by atoms with Crippen LogP contribution in [0.3, 0.4) is 0 Å². The van der Waals surface area contributed by atoms with E-state index in [9.17, 15) is 4.79 Å². The molecule has 1 aromatic heterocycles. The van der Waals surface area contributed by atoms with Gasteiger partial charge in [-0.1, -0.05) is 18.2 Å². The van der Waals surface area contributed by atoms with Crippen molar-refractivity contribution in [1.29, 1.82) is 0 Å². The number of pyridine rings is 1. The third-order valence-corrected chi connectivity index (χ3v) is 3.63. The molecule has 120 valence electrons. The molecule has 1 amide bonds. The lowest BCUT2D eigenvalue weighted by Gasteiger charge is -2.18. The third-order valence-electron chi connectivity index (χ3n) is 3.63. The third kappa shape index (κ3) is 3.80. The molecule has 23 heavy (non-hydrogen) atoms. The highest BCUT2D eigenvalue weighted by Crippen LogP contribution is 2.41. The van der Waals surface area contributed by atoms with Crippen molar-refractivity contribution in [3.8, 4) is 11.5 Å². The molecular formula is C18H20N2O3. The largest absolute Gasteiger partial charge is 0.483 e. The predicted octanol–water partition coefficient (Wildman–Crippen LogP) is 2.49. The first kappa shape index (κ1) is 15.3. The van der Waals surface area contributed by atoms with E-state index in [0.717, 1.165) is 23.3 Å². The van der Waals surface area contributed by atoms with Crippen LogP contribution in [-0.2, 0) is 17.8 Å². The summed E-state index contributed by atoms with van der Waals surface area (Å²) in [5.74, 6) is 1.19. The molecule has 0 spiro atoms. The highest BCUT2D eigenvalue weighted by molar-refractivity contribution is 5.77. The highest BCUT2D eigenvalue weighted by atomic mass is 16.5. The van der Waals surface area contributed by atoms with Crippen LogP contribution in [0.4, 0.5) is 0 Å². The van der Waals surface area contributed by atoms with Gasteiger partial charge in [-0.25, -0.2) is 0 Å². The minimum Gasteiger partial charge on any atom is -0.483 e. The van der Waals surface area contributed by atoms with Crippen molar-refractivity contribution in [3.05, 3.63) is 53.9 Å². The van der Waals surface area contributed by atoms with E-state index in [1.54, 1.807) is 12.4 Å². The molecular weight excluding hydrogens is 292 g/mol. The molecule has 0 atom stereocenters. The first-order chi connectivity index (χ1) is 11.0. The van der Waals surface area contributed by atoms with Crippen molar-refractivity contribution in [1.82, 2.24) is 10.3 Å². The molecule has 1 N–H and O–H groups in total. The molecule has 0 radical (unpaired) electrons. The maximum absolute atomic E-state index is 11.9. The average molecular weight is 312 g/mol. The number of ether oxygens (including phenoxy) is 2. The Balaban J connectivity index is 1.55. The van der Waals surface area contributed by atoms with Gasteiger partial charge in [0.05, 0.1) is 0 Å². The Hall–Kier alpha value is -2.56. The molecule has 2 aromatic rings. The predicted molar refractivity (Wildman–Crippen MR) is 86.4 cm³/mol. The normalized spacial score (nSPS) is 14.7. The summed E-state index contributed by atoms with van der Waals surface area (Å²) in [6.45, 7) is 4.47. The Morgan fingerprint density at radius 3 is 3.00 bits per heavy atom. The van der Waals surface area contributed by atoms with Crippen LogP contribution in [0, 0.1) is 0 Å². The number of nitrogens with one attached hydrogen (secondary N) is 1. The van der Waals surface area contributed by atoms with Gasteiger partial charge in [0.1, 0.15) is 5.60 Å². The van der Waals surface area contributed by atoms with Gasteiger partial charge in [-0.2, -0.15) is 0 Å². The molecule has 1 aliphatic rings. The standard InChI is InChI=1S/C18H20N2O3/c1-18(2)9-14-6-3-7-15(17(14)23-18)22-12-16(21)20-11-13-5-4-8-19-10-13/h3-8,10H,9,11-12H2,1-2H3,(H,20,21). The topological polar surface area (TPSA) is 60.5 Å². The molecule has 0 saturated carbocycles. The number of carbonyl (C=O) groups excluding carboxylic acids is 1. The SMILES string of the molecule is CC1(C)Cc2cccc(OCC(=O)NCc3cccnc3)c2O1. The van der Waals surface area contributed by atoms with Crippen molar-refractivity contribution in [3.63, 3.8) is 0 Å². The monoisotopic (exact) mass is 312 g/mol. The van der Waals surface area contributed by atoms with Crippen molar-refractivity contribution in [2.45, 2.75) is 32.4 Å². The van der Waals surface area contributed by atoms with E-state index in [1.807, 2.05) is 44.2 Å². The number of nitrogens with zero attached hydrogens (tertiary/aromatic N) is 1. The number of para-hydroxylation sites is 1. The quantitative estimate of drug-likeness (QED) is 0.921. The zero-order valence-electron chi connectivity index (χ0n) is 13.3. The van der Waals surface area contributed by atoms with Crippen molar-refractivity contribution >= 4 is 5.91 Å². The molecule has 0 unspecified atom stereocenters. The minimum atomic E-state index is -0.232. The second-order valence-corrected chi connectivity index (χ2v) is 6.21. The number of benzene rings is 1. The molecule has 0 bridgehead atoms. The summed E-state index contributed by atoms with van der Waals surface area (Å²) in [5, 5.41) is 2.81. The number of carbonyl (C=O) groups is 1. The van der Waals surface area contributed by atoms with E-state index in [1.165, 1.54) is 0 Å². The summed E-state index contributed by atoms with van der Waals surface area (Å²) in [7, 11) is 0. The van der Waals surface area contributed by atoms with Gasteiger partial charge < -0.3 is 14.8 Å². The first-order valence-electron chi connectivity index (χ1n) is 7.63. The zero-order chi connectivity index (χ0) is 16.3. The molecule has 5 heteroatoms. The first-order valence-corrected chi connectivity index (χ1v) is 7.63. The fourth-order valence-electron chi connectivity index (χ4n) is 2.60. The molecule has 5 nitrogen and oxygen atoms in total. The smallest absolute Gasteiger partial charge is 0.258 e. The van der Waals surface area contributed by atoms with Gasteiger partial charge in [0.15, 0.2) is 18.1 Å². The second-order valence-electron chi connectivity index (χ2n) is 6.21. The lowest BCUT2D eigenvalue weighted by atomic mass is 10.0. The van der Waals surface area contributed by atoms with Crippen molar-refractivity contribution in [2.24, 2.45) is 0 Å². The number of amides is 1. The number of hydrogen-bond acceptors (Lipinski definition) is 4. The van der Waals surface area contributed by atoms with E-state index in [2.05, 4.69) is 10.3 Å². The van der Waals surface area contributed by atoms with Gasteiger partial charge >= 0.3 is 0 Å². The van der Waals surface area contributed by atoms with Crippen LogP contribution in [0.2, 0.25) is 0 Å². The van der Waals surface area contributed by atoms with Crippen LogP contribution in [0.5, 0.6) is 11.5 Å². The fraction of sp³-hybridized carbons (Fsp3) is 0.333. The summed E-state index contributed by atoms with van der Waals surface area (Å²) < 4.78 is 11.6. The highest BCUT2D eigenvalue weighted by Gasteiger charge is 2.32. The Morgan fingerprint density at radius 2 is 2.22 bits per heavy atom. The fourth-order valence-corrected chi connectivity index (χ4v) is 2.60. The van der Waals surface area contributed by atoms with Crippen LogP contribution < -0.4 is 14.8 Å². The summed E-state index contributed by atoms with van der Waals surface area (Å²) in [4.78, 5) is 15.9. The zero-order valence-corrected chi connectivity index (χ0v) is 13.3. The van der Waals surface area contributed by atoms with Gasteiger partial charge in [-0.05, 0) is 31.5 Å². The van der Waals surface area contributed by atoms with Crippen LogP contribution in [0.1, 0.15) is 25.0 Å². The van der Waals surface area contributed by atoms with Crippen LogP contribution in [0.15, 0.2) is 42.7 Å². The molecule has 0 aliphatic carbocycles. The number of hydrogen-bond donors (Lipinski definition) is 1. The minimum absolute atomic E-state index is 0.0412. The van der Waals surface area contributed by atoms with E-state index in [0.29, 0.717) is 12.3 Å². The van der Waals surface area contributed by atoms with E-state index < -0.39 is 0 Å². The summed E-state index contributed by atoms with van der Waals surface area (Å²) in [6, 6.07) is 9.53. The lowest BCUT2D eigenvalue weighted by Crippen LogP contribution is -2.28. The molecule has 0 fully saturated rings. The van der Waals surface area contributed by atoms with Crippen LogP contribution in [0.25, 0.3) is 0 Å². The van der Waals surface area contributed by atoms with Crippen LogP contribution in [-0.4, -0.2) is 23.1 Å². The Kier molecular flexibility index (Phi) is 4.19. The average Bonchev–Trinajstić information content (AvgIpc) is 2.86. The van der Waals surface area contributed by atoms with Crippen molar-refractivity contribution in [2.75, 3.05) is 6.61 Å². The van der Waals surface area contributed by atoms with E-state index in [4.69, 9.17) is 9.47 Å². The van der Waals surface area contributed by atoms with E-state index in [-0.39, 0.29) is 18.1 Å². The maximum Gasteiger partial charge on any atom is 0.258 e. The molecule has 3 rings (SSSR count). The molecule has 0 saturated heterocycles. The van der Waals surface area contributed by atoms with Gasteiger partial charge in [-0.15, -0.1) is 0 Å². The lowest BCUT2D eigenvalue weighted by molar-refractivity contribution is -0.123. The van der Waals surface area contributed by atoms with Gasteiger partial charge in [-0.3, -0.25) is 9.78 Å². The Labute approximate surface area is 135 Å². The van der Waals surface area contributed by atoms with E-state index >= 15 is 0 Å². The Morgan fingerprint density at radius 1 is 1.35 bits per heavy atom. The number of aromatic nitrogens is 1. The van der Waals surface area contributed by atoms with Gasteiger partial charge in [0, 0.05) is 30.9 Å². The number of fused-ring (bicyclic) bond motifs is 1. The summed E-state index contributed by atoms with van der Waals surface area (Å²) in [5.41, 5.74) is 1.83. The second kappa shape index (κ2) is 6.28. The van der Waals surface area contributed by atoms with Crippen LogP contribution >= 0.6 is 0 Å². The maximum atomic E-state index is 11.9. The molecule has 1 aliphatic heterocycles. The Bertz CT molecular complexity index is 699. The summed E-state index contributed by atoms with van der Waals surface area (Å²) in [6.07, 6.45) is 4.26. The van der Waals surface area contributed by atoms with Gasteiger partial charge in [0.25, 0.3) is 5.91 Å². The van der Waals surface area contributed by atoms with Crippen molar-refractivity contribution < 1.29 is 14.3 Å². The number of rotatable bonds is 5.